The number of nitrogens with one attached hydrogen (secondary N) is 1. The summed E-state index contributed by atoms with van der Waals surface area (Å²) in [6.07, 6.45) is 1.99. The molecular formula is C13H12F2N2O. The van der Waals surface area contributed by atoms with E-state index in [-0.39, 0.29) is 24.6 Å². The van der Waals surface area contributed by atoms with Crippen molar-refractivity contribution < 1.29 is 13.6 Å². The summed E-state index contributed by atoms with van der Waals surface area (Å²) < 4.78 is 25.8. The summed E-state index contributed by atoms with van der Waals surface area (Å²) in [5.41, 5.74) is 5.12. The highest BCUT2D eigenvalue weighted by Gasteiger charge is 2.12. The summed E-state index contributed by atoms with van der Waals surface area (Å²) in [5.74, 6) is -1.70. The first-order chi connectivity index (χ1) is 8.54. The quantitative estimate of drug-likeness (QED) is 0.833. The van der Waals surface area contributed by atoms with Crippen molar-refractivity contribution in [1.82, 2.24) is 10.3 Å². The molecule has 0 unspecified atom stereocenters. The van der Waals surface area contributed by atoms with Gasteiger partial charge in [-0.15, -0.1) is 5.73 Å². The van der Waals surface area contributed by atoms with E-state index in [1.807, 2.05) is 6.92 Å². The number of halogens is 2. The minimum atomic E-state index is -0.756. The lowest BCUT2D eigenvalue weighted by Gasteiger charge is -2.12. The third-order valence-electron chi connectivity index (χ3n) is 2.58. The number of carbonyl (C=O) groups excluding carboxylic acids is 1. The van der Waals surface area contributed by atoms with Crippen LogP contribution in [0.2, 0.25) is 0 Å². The molecule has 1 aliphatic rings. The SMILES string of the molecule is CC1=C=C(CC(=O)NCc2ncc(F)cc2F)C1. The van der Waals surface area contributed by atoms with E-state index in [9.17, 15) is 13.6 Å². The number of aromatic nitrogens is 1. The van der Waals surface area contributed by atoms with Crippen LogP contribution in [-0.4, -0.2) is 10.9 Å². The van der Waals surface area contributed by atoms with Crippen molar-refractivity contribution in [1.29, 1.82) is 0 Å². The molecule has 18 heavy (non-hydrogen) atoms. The van der Waals surface area contributed by atoms with Gasteiger partial charge in [0, 0.05) is 12.5 Å². The molecule has 0 aliphatic heterocycles. The summed E-state index contributed by atoms with van der Waals surface area (Å²) in [6.45, 7) is 1.90. The first-order valence-corrected chi connectivity index (χ1v) is 5.55. The van der Waals surface area contributed by atoms with Crippen molar-refractivity contribution >= 4 is 5.91 Å². The van der Waals surface area contributed by atoms with Crippen molar-refractivity contribution in [3.05, 3.63) is 46.5 Å². The van der Waals surface area contributed by atoms with Crippen LogP contribution in [0.4, 0.5) is 8.78 Å². The van der Waals surface area contributed by atoms with Crippen LogP contribution in [0.5, 0.6) is 0 Å². The van der Waals surface area contributed by atoms with Gasteiger partial charge in [0.05, 0.1) is 24.9 Å². The van der Waals surface area contributed by atoms with Gasteiger partial charge < -0.3 is 5.32 Å². The molecule has 5 heteroatoms. The standard InChI is InChI=1S/C13H12F2N2O/c1-8-2-9(3-8)4-13(18)17-7-12-11(15)5-10(14)6-16-12/h5-6H,2,4,7H2,1H3,(H,17,18). The Labute approximate surface area is 103 Å². The van der Waals surface area contributed by atoms with Crippen molar-refractivity contribution in [2.75, 3.05) is 0 Å². The molecule has 1 aliphatic carbocycles. The Morgan fingerprint density at radius 2 is 2.28 bits per heavy atom. The number of rotatable bonds is 4. The molecule has 1 N–H and O–H groups in total. The van der Waals surface area contributed by atoms with Crippen molar-refractivity contribution in [3.63, 3.8) is 0 Å². The minimum absolute atomic E-state index is 0.0269. The Hall–Kier alpha value is -2.00. The average Bonchev–Trinajstić information content (AvgIpc) is 2.26. The maximum Gasteiger partial charge on any atom is 0.225 e. The second-order valence-corrected chi connectivity index (χ2v) is 4.22. The third kappa shape index (κ3) is 3.02. The lowest BCUT2D eigenvalue weighted by Crippen LogP contribution is -2.24. The van der Waals surface area contributed by atoms with Crippen molar-refractivity contribution in [2.45, 2.75) is 26.3 Å². The predicted molar refractivity (Wildman–Crippen MR) is 61.4 cm³/mol. The van der Waals surface area contributed by atoms with Gasteiger partial charge in [0.25, 0.3) is 0 Å². The van der Waals surface area contributed by atoms with E-state index in [0.29, 0.717) is 0 Å². The van der Waals surface area contributed by atoms with E-state index in [4.69, 9.17) is 0 Å². The zero-order chi connectivity index (χ0) is 13.1. The molecule has 0 radical (unpaired) electrons. The van der Waals surface area contributed by atoms with Gasteiger partial charge in [-0.3, -0.25) is 9.78 Å². The number of nitrogens with zero attached hydrogens (tertiary/aromatic N) is 1. The summed E-state index contributed by atoms with van der Waals surface area (Å²) in [5, 5.41) is 2.54. The van der Waals surface area contributed by atoms with Crippen LogP contribution >= 0.6 is 0 Å². The van der Waals surface area contributed by atoms with Crippen LogP contribution in [0.1, 0.15) is 25.5 Å². The largest absolute Gasteiger partial charge is 0.350 e. The molecule has 1 amide bonds. The van der Waals surface area contributed by atoms with Crippen LogP contribution in [0.25, 0.3) is 0 Å². The predicted octanol–water partition coefficient (Wildman–Crippen LogP) is 2.24. The zero-order valence-electron chi connectivity index (χ0n) is 9.89. The normalized spacial score (nSPS) is 13.5. The van der Waals surface area contributed by atoms with Gasteiger partial charge in [-0.05, 0) is 18.1 Å². The van der Waals surface area contributed by atoms with E-state index in [2.05, 4.69) is 16.0 Å². The lowest BCUT2D eigenvalue weighted by molar-refractivity contribution is -0.120. The zero-order valence-corrected chi connectivity index (χ0v) is 9.89. The molecule has 0 atom stereocenters. The summed E-state index contributed by atoms with van der Waals surface area (Å²) in [6, 6.07) is 0.745. The number of amides is 1. The van der Waals surface area contributed by atoms with Crippen LogP contribution in [0, 0.1) is 11.6 Å². The maximum absolute atomic E-state index is 13.2. The summed E-state index contributed by atoms with van der Waals surface area (Å²) >= 11 is 0. The highest BCUT2D eigenvalue weighted by atomic mass is 19.1. The van der Waals surface area contributed by atoms with E-state index in [1.165, 1.54) is 0 Å². The summed E-state index contributed by atoms with van der Waals surface area (Å²) in [4.78, 5) is 15.1. The first-order valence-electron chi connectivity index (χ1n) is 5.55. The van der Waals surface area contributed by atoms with E-state index < -0.39 is 11.6 Å². The Morgan fingerprint density at radius 1 is 1.56 bits per heavy atom. The Balaban J connectivity index is 1.88. The van der Waals surface area contributed by atoms with Crippen LogP contribution in [-0.2, 0) is 11.3 Å². The highest BCUT2D eigenvalue weighted by molar-refractivity contribution is 5.78. The number of pyridine rings is 1. The fourth-order valence-electron chi connectivity index (χ4n) is 1.72. The van der Waals surface area contributed by atoms with Gasteiger partial charge in [0.2, 0.25) is 5.91 Å². The smallest absolute Gasteiger partial charge is 0.225 e. The molecule has 0 saturated carbocycles. The summed E-state index contributed by atoms with van der Waals surface area (Å²) in [7, 11) is 0. The van der Waals surface area contributed by atoms with Gasteiger partial charge in [-0.2, -0.15) is 0 Å². The monoisotopic (exact) mass is 250 g/mol. The third-order valence-corrected chi connectivity index (χ3v) is 2.58. The molecule has 0 fully saturated rings. The fourth-order valence-corrected chi connectivity index (χ4v) is 1.72. The minimum Gasteiger partial charge on any atom is -0.350 e. The molecule has 3 nitrogen and oxygen atoms in total. The molecule has 0 bridgehead atoms. The van der Waals surface area contributed by atoms with Gasteiger partial charge >= 0.3 is 0 Å². The molecule has 0 aromatic carbocycles. The second-order valence-electron chi connectivity index (χ2n) is 4.22. The van der Waals surface area contributed by atoms with Crippen LogP contribution in [0.15, 0.2) is 29.1 Å². The topological polar surface area (TPSA) is 42.0 Å². The molecule has 0 spiro atoms. The van der Waals surface area contributed by atoms with E-state index in [1.54, 1.807) is 0 Å². The maximum atomic E-state index is 13.2. The van der Waals surface area contributed by atoms with Gasteiger partial charge in [-0.1, -0.05) is 0 Å². The Kier molecular flexibility index (Phi) is 3.53. The number of hydrogen-bond donors (Lipinski definition) is 1. The molecule has 94 valence electrons. The Bertz CT molecular complexity index is 560. The van der Waals surface area contributed by atoms with Crippen molar-refractivity contribution in [3.8, 4) is 0 Å². The fraction of sp³-hybridized carbons (Fsp3) is 0.308. The number of hydrogen-bond acceptors (Lipinski definition) is 2. The second kappa shape index (κ2) is 5.10. The first kappa shape index (κ1) is 12.5. The van der Waals surface area contributed by atoms with E-state index in [0.717, 1.165) is 29.8 Å². The average molecular weight is 250 g/mol. The molecule has 1 heterocycles. The molecule has 0 saturated heterocycles. The van der Waals surface area contributed by atoms with Crippen molar-refractivity contribution in [2.24, 2.45) is 0 Å². The molecular weight excluding hydrogens is 238 g/mol. The van der Waals surface area contributed by atoms with Crippen LogP contribution in [0.3, 0.4) is 0 Å². The number of carbonyl (C=O) groups is 1. The van der Waals surface area contributed by atoms with Gasteiger partial charge in [0.15, 0.2) is 0 Å². The molecule has 1 aromatic rings. The van der Waals surface area contributed by atoms with E-state index >= 15 is 0 Å². The lowest BCUT2D eigenvalue weighted by atomic mass is 9.96. The van der Waals surface area contributed by atoms with Crippen LogP contribution < -0.4 is 5.32 Å². The molecule has 1 aromatic heterocycles. The van der Waals surface area contributed by atoms with Gasteiger partial charge in [-0.25, -0.2) is 8.78 Å². The van der Waals surface area contributed by atoms with Gasteiger partial charge in [0.1, 0.15) is 11.6 Å². The molecule has 2 rings (SSSR count). The Morgan fingerprint density at radius 3 is 2.89 bits per heavy atom. The highest BCUT2D eigenvalue weighted by Crippen LogP contribution is 2.20.